The zero-order chi connectivity index (χ0) is 18.1. The molecular weight excluding hydrogens is 366 g/mol. The lowest BCUT2D eigenvalue weighted by molar-refractivity contribution is -0.134. The Morgan fingerprint density at radius 3 is 2.54 bits per heavy atom. The van der Waals surface area contributed by atoms with Gasteiger partial charge < -0.3 is 9.80 Å². The van der Waals surface area contributed by atoms with Gasteiger partial charge in [-0.15, -0.1) is 22.7 Å². The molecule has 26 heavy (non-hydrogen) atoms. The van der Waals surface area contributed by atoms with Crippen molar-refractivity contribution in [2.75, 3.05) is 39.3 Å². The Kier molecular flexibility index (Phi) is 5.11. The number of piperazine rings is 1. The maximum Gasteiger partial charge on any atom is 0.264 e. The molecule has 1 atom stereocenters. The van der Waals surface area contributed by atoms with Gasteiger partial charge in [0.25, 0.3) is 5.91 Å². The minimum absolute atomic E-state index is 0.0849. The summed E-state index contributed by atoms with van der Waals surface area (Å²) in [4.78, 5) is 33.5. The van der Waals surface area contributed by atoms with E-state index in [9.17, 15) is 9.59 Å². The van der Waals surface area contributed by atoms with E-state index in [1.54, 1.807) is 0 Å². The minimum Gasteiger partial charge on any atom is -0.338 e. The monoisotopic (exact) mass is 389 g/mol. The van der Waals surface area contributed by atoms with Crippen LogP contribution in [0, 0.1) is 0 Å². The molecule has 0 spiro atoms. The van der Waals surface area contributed by atoms with Crippen molar-refractivity contribution >= 4 is 34.5 Å². The zero-order valence-electron chi connectivity index (χ0n) is 14.9. The highest BCUT2D eigenvalue weighted by atomic mass is 32.1. The van der Waals surface area contributed by atoms with Gasteiger partial charge in [-0.1, -0.05) is 6.07 Å². The lowest BCUT2D eigenvalue weighted by Crippen LogP contribution is -2.53. The molecule has 0 bridgehead atoms. The third-order valence-electron chi connectivity index (χ3n) is 5.39. The molecule has 2 aliphatic rings. The summed E-state index contributed by atoms with van der Waals surface area (Å²) in [7, 11) is 0. The molecule has 0 N–H and O–H groups in total. The van der Waals surface area contributed by atoms with Crippen molar-refractivity contribution in [2.24, 2.45) is 0 Å². The Morgan fingerprint density at radius 1 is 1.04 bits per heavy atom. The van der Waals surface area contributed by atoms with Crippen LogP contribution in [0.25, 0.3) is 0 Å². The number of nitrogens with zero attached hydrogens (tertiary/aromatic N) is 3. The first kappa shape index (κ1) is 17.7. The fourth-order valence-corrected chi connectivity index (χ4v) is 5.42. The molecule has 0 aliphatic carbocycles. The van der Waals surface area contributed by atoms with Gasteiger partial charge in [0.2, 0.25) is 5.91 Å². The summed E-state index contributed by atoms with van der Waals surface area (Å²) >= 11 is 3.29. The summed E-state index contributed by atoms with van der Waals surface area (Å²) in [5, 5.41) is 4.07. The number of carbonyl (C=O) groups excluding carboxylic acids is 2. The second-order valence-corrected chi connectivity index (χ2v) is 8.79. The highest BCUT2D eigenvalue weighted by molar-refractivity contribution is 7.12. The average Bonchev–Trinajstić information content (AvgIpc) is 3.35. The summed E-state index contributed by atoms with van der Waals surface area (Å²) < 4.78 is 0. The Balaban J connectivity index is 1.31. The molecule has 4 rings (SSSR count). The summed E-state index contributed by atoms with van der Waals surface area (Å²) in [6.45, 7) is 6.09. The summed E-state index contributed by atoms with van der Waals surface area (Å²) in [5.41, 5.74) is 1.38. The van der Waals surface area contributed by atoms with Crippen LogP contribution in [0.3, 0.4) is 0 Å². The van der Waals surface area contributed by atoms with Crippen LogP contribution in [0.5, 0.6) is 0 Å². The quantitative estimate of drug-likeness (QED) is 0.811. The number of thiophene rings is 2. The van der Waals surface area contributed by atoms with Crippen LogP contribution in [0.2, 0.25) is 0 Å². The number of fused-ring (bicyclic) bond motifs is 1. The molecule has 2 aliphatic heterocycles. The van der Waals surface area contributed by atoms with E-state index in [0.717, 1.165) is 17.8 Å². The molecule has 1 saturated heterocycles. The fraction of sp³-hybridized carbons (Fsp3) is 0.474. The molecule has 2 aromatic rings. The van der Waals surface area contributed by atoms with E-state index in [-0.39, 0.29) is 11.8 Å². The summed E-state index contributed by atoms with van der Waals surface area (Å²) in [6.07, 6.45) is 1.04. The lowest BCUT2D eigenvalue weighted by atomic mass is 10.0. The number of hydrogen-bond acceptors (Lipinski definition) is 5. The molecule has 4 heterocycles. The van der Waals surface area contributed by atoms with Crippen molar-refractivity contribution in [3.05, 3.63) is 44.3 Å². The van der Waals surface area contributed by atoms with E-state index in [1.807, 2.05) is 38.6 Å². The molecule has 2 amide bonds. The van der Waals surface area contributed by atoms with E-state index in [2.05, 4.69) is 23.3 Å². The standard InChI is InChI=1S/C19H23N3O2S2/c1-14-15-5-12-26-16(15)4-6-22(14)13-18(23)20-7-9-21(10-8-20)19(24)17-3-2-11-25-17/h2-3,5,11-12,14H,4,6-10,13H2,1H3/t14-/m0/s1. The van der Waals surface area contributed by atoms with Crippen molar-refractivity contribution in [2.45, 2.75) is 19.4 Å². The third kappa shape index (κ3) is 3.43. The number of carbonyl (C=O) groups is 2. The molecular formula is C19H23N3O2S2. The number of amides is 2. The van der Waals surface area contributed by atoms with Crippen LogP contribution in [0.15, 0.2) is 29.0 Å². The van der Waals surface area contributed by atoms with Crippen LogP contribution >= 0.6 is 22.7 Å². The maximum absolute atomic E-state index is 12.8. The van der Waals surface area contributed by atoms with E-state index in [4.69, 9.17) is 0 Å². The Bertz CT molecular complexity index is 779. The first-order valence-corrected chi connectivity index (χ1v) is 10.8. The maximum atomic E-state index is 12.8. The zero-order valence-corrected chi connectivity index (χ0v) is 16.5. The molecule has 7 heteroatoms. The predicted molar refractivity (Wildman–Crippen MR) is 105 cm³/mol. The first-order valence-electron chi connectivity index (χ1n) is 9.04. The van der Waals surface area contributed by atoms with Gasteiger partial charge in [-0.05, 0) is 41.8 Å². The summed E-state index contributed by atoms with van der Waals surface area (Å²) in [5.74, 6) is 0.264. The van der Waals surface area contributed by atoms with Crippen molar-refractivity contribution in [1.29, 1.82) is 0 Å². The van der Waals surface area contributed by atoms with Crippen LogP contribution in [-0.2, 0) is 11.2 Å². The van der Waals surface area contributed by atoms with Gasteiger partial charge in [0.05, 0.1) is 11.4 Å². The molecule has 0 aromatic carbocycles. The number of rotatable bonds is 3. The molecule has 0 saturated carbocycles. The molecule has 1 fully saturated rings. The first-order chi connectivity index (χ1) is 12.6. The molecule has 5 nitrogen and oxygen atoms in total. The predicted octanol–water partition coefficient (Wildman–Crippen LogP) is 2.71. The second-order valence-electron chi connectivity index (χ2n) is 6.85. The molecule has 0 radical (unpaired) electrons. The topological polar surface area (TPSA) is 43.9 Å². The normalized spacial score (nSPS) is 20.9. The van der Waals surface area contributed by atoms with Crippen LogP contribution in [0.1, 0.15) is 33.1 Å². The smallest absolute Gasteiger partial charge is 0.264 e. The minimum atomic E-state index is 0.0849. The van der Waals surface area contributed by atoms with Gasteiger partial charge in [-0.3, -0.25) is 14.5 Å². The van der Waals surface area contributed by atoms with Crippen LogP contribution in [-0.4, -0.2) is 65.8 Å². The highest BCUT2D eigenvalue weighted by Crippen LogP contribution is 2.32. The van der Waals surface area contributed by atoms with Crippen molar-refractivity contribution < 1.29 is 9.59 Å². The molecule has 0 unspecified atom stereocenters. The van der Waals surface area contributed by atoms with Gasteiger partial charge in [0.15, 0.2) is 0 Å². The highest BCUT2D eigenvalue weighted by Gasteiger charge is 2.30. The van der Waals surface area contributed by atoms with E-state index >= 15 is 0 Å². The van der Waals surface area contributed by atoms with Gasteiger partial charge in [0, 0.05) is 43.6 Å². The second kappa shape index (κ2) is 7.50. The van der Waals surface area contributed by atoms with Crippen molar-refractivity contribution in [1.82, 2.24) is 14.7 Å². The van der Waals surface area contributed by atoms with Crippen molar-refractivity contribution in [3.63, 3.8) is 0 Å². The Labute approximate surface area is 161 Å². The van der Waals surface area contributed by atoms with Gasteiger partial charge in [0.1, 0.15) is 0 Å². The van der Waals surface area contributed by atoms with Crippen molar-refractivity contribution in [3.8, 4) is 0 Å². The Hall–Kier alpha value is -1.70. The average molecular weight is 390 g/mol. The van der Waals surface area contributed by atoms with Gasteiger partial charge in [-0.2, -0.15) is 0 Å². The third-order valence-corrected chi connectivity index (χ3v) is 7.25. The largest absolute Gasteiger partial charge is 0.338 e. The van der Waals surface area contributed by atoms with Crippen LogP contribution < -0.4 is 0 Å². The Morgan fingerprint density at radius 2 is 1.81 bits per heavy atom. The van der Waals surface area contributed by atoms with E-state index < -0.39 is 0 Å². The molecule has 138 valence electrons. The SMILES string of the molecule is C[C@H]1c2ccsc2CCN1CC(=O)N1CCN(C(=O)c2cccs2)CC1. The van der Waals surface area contributed by atoms with E-state index in [1.165, 1.54) is 21.8 Å². The summed E-state index contributed by atoms with van der Waals surface area (Å²) in [6, 6.07) is 6.25. The van der Waals surface area contributed by atoms with E-state index in [0.29, 0.717) is 38.8 Å². The lowest BCUT2D eigenvalue weighted by Gasteiger charge is -2.38. The number of hydrogen-bond donors (Lipinski definition) is 0. The molecule has 2 aromatic heterocycles. The van der Waals surface area contributed by atoms with Crippen LogP contribution in [0.4, 0.5) is 0 Å². The van der Waals surface area contributed by atoms with Gasteiger partial charge >= 0.3 is 0 Å². The fourth-order valence-electron chi connectivity index (χ4n) is 3.77. The van der Waals surface area contributed by atoms with Gasteiger partial charge in [-0.25, -0.2) is 0 Å².